The molecule has 1 amide bonds. The highest BCUT2D eigenvalue weighted by atomic mass is 32.1. The number of hydrogen-bond acceptors (Lipinski definition) is 5. The van der Waals surface area contributed by atoms with Crippen LogP contribution in [-0.2, 0) is 0 Å². The molecule has 136 valence electrons. The Balaban J connectivity index is 1.69. The first kappa shape index (κ1) is 17.1. The van der Waals surface area contributed by atoms with E-state index in [2.05, 4.69) is 34.2 Å². The molecule has 26 heavy (non-hydrogen) atoms. The van der Waals surface area contributed by atoms with Crippen molar-refractivity contribution >= 4 is 28.3 Å². The summed E-state index contributed by atoms with van der Waals surface area (Å²) in [5.41, 5.74) is 2.22. The molecule has 4 rings (SSSR count). The highest BCUT2D eigenvalue weighted by Crippen LogP contribution is 2.42. The molecular formula is C19H23N5OS. The van der Waals surface area contributed by atoms with Gasteiger partial charge in [0.25, 0.3) is 5.91 Å². The maximum atomic E-state index is 13.1. The molecule has 6 nitrogen and oxygen atoms in total. The van der Waals surface area contributed by atoms with Crippen molar-refractivity contribution in [2.45, 2.75) is 52.6 Å². The van der Waals surface area contributed by atoms with Crippen LogP contribution in [0, 0.1) is 19.8 Å². The Bertz CT molecular complexity index is 970. The molecule has 0 aromatic carbocycles. The predicted molar refractivity (Wildman–Crippen MR) is 102 cm³/mol. The van der Waals surface area contributed by atoms with Gasteiger partial charge in [-0.15, -0.1) is 11.3 Å². The van der Waals surface area contributed by atoms with Crippen LogP contribution < -0.4 is 5.32 Å². The highest BCUT2D eigenvalue weighted by Gasteiger charge is 2.35. The molecule has 1 fully saturated rings. The molecule has 1 aliphatic rings. The summed E-state index contributed by atoms with van der Waals surface area (Å²) in [5.74, 6) is 0.412. The first-order chi connectivity index (χ1) is 12.4. The van der Waals surface area contributed by atoms with Gasteiger partial charge in [0.05, 0.1) is 23.2 Å². The zero-order valence-electron chi connectivity index (χ0n) is 15.5. The van der Waals surface area contributed by atoms with Crippen LogP contribution in [0.5, 0.6) is 0 Å². The van der Waals surface area contributed by atoms with E-state index >= 15 is 0 Å². The minimum absolute atomic E-state index is 0.00938. The average molecular weight is 369 g/mol. The Labute approximate surface area is 156 Å². The predicted octanol–water partition coefficient (Wildman–Crippen LogP) is 3.97. The molecule has 3 aromatic rings. The van der Waals surface area contributed by atoms with Gasteiger partial charge >= 0.3 is 0 Å². The van der Waals surface area contributed by atoms with Crippen LogP contribution in [-0.4, -0.2) is 25.7 Å². The standard InChI is InChI=1S/C19H23N5OS/c1-10(2)24-17-15(9-21-24)14(7-11(3)22-17)18(25)23-16(13-5-6-13)19-20-8-12(4)26-19/h7-10,13,16H,5-6H2,1-4H3,(H,23,25). The number of thiazole rings is 1. The number of nitrogens with zero attached hydrogens (tertiary/aromatic N) is 4. The second-order valence-corrected chi connectivity index (χ2v) is 8.60. The zero-order chi connectivity index (χ0) is 18.4. The molecule has 0 radical (unpaired) electrons. The number of rotatable bonds is 5. The van der Waals surface area contributed by atoms with Gasteiger partial charge in [-0.05, 0) is 52.5 Å². The minimum Gasteiger partial charge on any atom is -0.342 e. The van der Waals surface area contributed by atoms with Gasteiger partial charge in [-0.3, -0.25) is 4.79 Å². The van der Waals surface area contributed by atoms with E-state index in [4.69, 9.17) is 0 Å². The number of aromatic nitrogens is 4. The van der Waals surface area contributed by atoms with E-state index in [-0.39, 0.29) is 18.0 Å². The molecule has 1 atom stereocenters. The number of fused-ring (bicyclic) bond motifs is 1. The monoisotopic (exact) mass is 369 g/mol. The molecule has 0 saturated heterocycles. The van der Waals surface area contributed by atoms with Gasteiger partial charge in [0.2, 0.25) is 0 Å². The first-order valence-corrected chi connectivity index (χ1v) is 9.83. The summed E-state index contributed by atoms with van der Waals surface area (Å²) in [6, 6.07) is 2.03. The van der Waals surface area contributed by atoms with E-state index in [1.165, 1.54) is 4.88 Å². The third-order valence-electron chi connectivity index (χ3n) is 4.71. The fourth-order valence-corrected chi connectivity index (χ4v) is 4.17. The SMILES string of the molecule is Cc1cc(C(=O)NC(c2ncc(C)s2)C2CC2)c2cnn(C(C)C)c2n1. The van der Waals surface area contributed by atoms with Gasteiger partial charge < -0.3 is 5.32 Å². The highest BCUT2D eigenvalue weighted by molar-refractivity contribution is 7.11. The van der Waals surface area contributed by atoms with E-state index < -0.39 is 0 Å². The van der Waals surface area contributed by atoms with Gasteiger partial charge in [0, 0.05) is 22.8 Å². The van der Waals surface area contributed by atoms with Crippen molar-refractivity contribution in [1.82, 2.24) is 25.1 Å². The molecule has 7 heteroatoms. The Hall–Kier alpha value is -2.28. The van der Waals surface area contributed by atoms with Crippen molar-refractivity contribution in [3.63, 3.8) is 0 Å². The molecule has 1 N–H and O–H groups in total. The van der Waals surface area contributed by atoms with Crippen LogP contribution in [0.1, 0.15) is 64.7 Å². The number of amides is 1. The summed E-state index contributed by atoms with van der Waals surface area (Å²) < 4.78 is 1.86. The van der Waals surface area contributed by atoms with Crippen LogP contribution in [0.2, 0.25) is 0 Å². The van der Waals surface area contributed by atoms with Crippen molar-refractivity contribution in [2.24, 2.45) is 5.92 Å². The quantitative estimate of drug-likeness (QED) is 0.739. The van der Waals surface area contributed by atoms with Crippen molar-refractivity contribution in [1.29, 1.82) is 0 Å². The maximum Gasteiger partial charge on any atom is 0.252 e. The molecular weight excluding hydrogens is 346 g/mol. The number of hydrogen-bond donors (Lipinski definition) is 1. The van der Waals surface area contributed by atoms with Gasteiger partial charge in [0.1, 0.15) is 5.01 Å². The molecule has 1 unspecified atom stereocenters. The molecule has 0 spiro atoms. The number of pyridine rings is 1. The van der Waals surface area contributed by atoms with Gasteiger partial charge in [0.15, 0.2) is 5.65 Å². The van der Waals surface area contributed by atoms with Crippen molar-refractivity contribution in [2.75, 3.05) is 0 Å². The first-order valence-electron chi connectivity index (χ1n) is 9.02. The molecule has 3 heterocycles. The van der Waals surface area contributed by atoms with Gasteiger partial charge in [-0.1, -0.05) is 0 Å². The van der Waals surface area contributed by atoms with Crippen LogP contribution >= 0.6 is 11.3 Å². The second-order valence-electron chi connectivity index (χ2n) is 7.33. The molecule has 1 aliphatic carbocycles. The summed E-state index contributed by atoms with van der Waals surface area (Å²) in [5, 5.41) is 9.45. The summed E-state index contributed by atoms with van der Waals surface area (Å²) >= 11 is 1.66. The number of carbonyl (C=O) groups excluding carboxylic acids is 1. The summed E-state index contributed by atoms with van der Waals surface area (Å²) in [6.07, 6.45) is 5.90. The van der Waals surface area contributed by atoms with Crippen LogP contribution in [0.4, 0.5) is 0 Å². The lowest BCUT2D eigenvalue weighted by molar-refractivity contribution is 0.0933. The number of nitrogens with one attached hydrogen (secondary N) is 1. The minimum atomic E-state index is -0.0754. The Morgan fingerprint density at radius 1 is 1.31 bits per heavy atom. The summed E-state index contributed by atoms with van der Waals surface area (Å²) in [4.78, 5) is 23.4. The maximum absolute atomic E-state index is 13.1. The average Bonchev–Trinajstić information content (AvgIpc) is 3.19. The molecule has 1 saturated carbocycles. The van der Waals surface area contributed by atoms with E-state index in [1.54, 1.807) is 17.5 Å². The van der Waals surface area contributed by atoms with E-state index in [9.17, 15) is 4.79 Å². The fourth-order valence-electron chi connectivity index (χ4n) is 3.25. The third kappa shape index (κ3) is 3.11. The topological polar surface area (TPSA) is 72.7 Å². The van der Waals surface area contributed by atoms with E-state index in [0.29, 0.717) is 11.5 Å². The van der Waals surface area contributed by atoms with Crippen LogP contribution in [0.3, 0.4) is 0 Å². The van der Waals surface area contributed by atoms with Crippen molar-refractivity contribution in [3.8, 4) is 0 Å². The Morgan fingerprint density at radius 3 is 2.69 bits per heavy atom. The lowest BCUT2D eigenvalue weighted by Gasteiger charge is -2.16. The lowest BCUT2D eigenvalue weighted by Crippen LogP contribution is -2.30. The lowest BCUT2D eigenvalue weighted by atomic mass is 10.1. The number of aryl methyl sites for hydroxylation is 2. The van der Waals surface area contributed by atoms with Crippen LogP contribution in [0.15, 0.2) is 18.5 Å². The summed E-state index contributed by atoms with van der Waals surface area (Å²) in [7, 11) is 0. The molecule has 3 aromatic heterocycles. The molecule has 0 aliphatic heterocycles. The number of carbonyl (C=O) groups is 1. The van der Waals surface area contributed by atoms with E-state index in [1.807, 2.05) is 30.8 Å². The molecule has 0 bridgehead atoms. The Kier molecular flexibility index (Phi) is 4.26. The summed E-state index contributed by atoms with van der Waals surface area (Å²) in [6.45, 7) is 8.08. The van der Waals surface area contributed by atoms with E-state index in [0.717, 1.165) is 34.6 Å². The smallest absolute Gasteiger partial charge is 0.252 e. The fraction of sp³-hybridized carbons (Fsp3) is 0.474. The third-order valence-corrected chi connectivity index (χ3v) is 5.71. The second kappa shape index (κ2) is 6.46. The normalized spacial score (nSPS) is 15.6. The van der Waals surface area contributed by atoms with Crippen molar-refractivity contribution < 1.29 is 4.79 Å². The van der Waals surface area contributed by atoms with Gasteiger partial charge in [-0.2, -0.15) is 5.10 Å². The zero-order valence-corrected chi connectivity index (χ0v) is 16.3. The van der Waals surface area contributed by atoms with Crippen molar-refractivity contribution in [3.05, 3.63) is 39.6 Å². The largest absolute Gasteiger partial charge is 0.342 e. The van der Waals surface area contributed by atoms with Crippen LogP contribution in [0.25, 0.3) is 11.0 Å². The Morgan fingerprint density at radius 2 is 2.08 bits per heavy atom. The van der Waals surface area contributed by atoms with Gasteiger partial charge in [-0.25, -0.2) is 14.6 Å².